The number of nitrogens with one attached hydrogen (secondary N) is 1. The van der Waals surface area contributed by atoms with Gasteiger partial charge in [-0.2, -0.15) is 0 Å². The smallest absolute Gasteiger partial charge is 0.270 e. The average molecular weight is 307 g/mol. The number of nitro benzene ring substituents is 1. The van der Waals surface area contributed by atoms with E-state index in [0.29, 0.717) is 11.3 Å². The minimum atomic E-state index is -3.82. The quantitative estimate of drug-likeness (QED) is 0.680. The predicted molar refractivity (Wildman–Crippen MR) is 72.4 cm³/mol. The highest BCUT2D eigenvalue weighted by Gasteiger charge is 2.32. The molecule has 0 unspecified atom stereocenters. The third-order valence-corrected chi connectivity index (χ3v) is 4.30. The molecule has 0 bridgehead atoms. The molecule has 8 nitrogen and oxygen atoms in total. The lowest BCUT2D eigenvalue weighted by Crippen LogP contribution is -2.22. The van der Waals surface area contributed by atoms with Gasteiger partial charge in [-0.1, -0.05) is 0 Å². The van der Waals surface area contributed by atoms with Crippen LogP contribution in [-0.2, 0) is 16.6 Å². The monoisotopic (exact) mass is 307 g/mol. The third kappa shape index (κ3) is 2.38. The first-order valence-electron chi connectivity index (χ1n) is 5.86. The zero-order valence-corrected chi connectivity index (χ0v) is 11.3. The van der Waals surface area contributed by atoms with E-state index < -0.39 is 14.9 Å². The Balaban J connectivity index is 2.02. The molecule has 1 N–H and O–H groups in total. The van der Waals surface area contributed by atoms with E-state index in [0.717, 1.165) is 6.07 Å². The lowest BCUT2D eigenvalue weighted by atomic mass is 10.2. The van der Waals surface area contributed by atoms with Gasteiger partial charge in [-0.25, -0.2) is 8.42 Å². The van der Waals surface area contributed by atoms with Crippen LogP contribution >= 0.6 is 0 Å². The first kappa shape index (κ1) is 13.3. The molecule has 2 aromatic rings. The van der Waals surface area contributed by atoms with Gasteiger partial charge >= 0.3 is 0 Å². The molecule has 0 atom stereocenters. The predicted octanol–water partition coefficient (Wildman–Crippen LogP) is 1.43. The van der Waals surface area contributed by atoms with Gasteiger partial charge in [0.25, 0.3) is 15.7 Å². The number of hydrogen-bond donors (Lipinski definition) is 1. The molecule has 0 spiro atoms. The molecule has 0 aliphatic carbocycles. The SMILES string of the molecule is O=[N+]([O-])c1ccc2c(c1)S(=O)(=O)NC2=NCc1ccco1. The fourth-order valence-electron chi connectivity index (χ4n) is 1.96. The molecule has 9 heteroatoms. The minimum absolute atomic E-state index is 0.144. The van der Waals surface area contributed by atoms with E-state index in [1.807, 2.05) is 0 Å². The molecule has 0 saturated carbocycles. The molecule has 0 radical (unpaired) electrons. The van der Waals surface area contributed by atoms with E-state index in [9.17, 15) is 18.5 Å². The Morgan fingerprint density at radius 3 is 2.81 bits per heavy atom. The van der Waals surface area contributed by atoms with E-state index in [1.54, 1.807) is 12.1 Å². The second kappa shape index (κ2) is 4.70. The standard InChI is InChI=1S/C12H9N3O5S/c16-15(17)8-3-4-10-11(6-8)21(18,19)14-12(10)13-7-9-2-1-5-20-9/h1-6H,7H2,(H,13,14). The molecule has 1 aliphatic heterocycles. The van der Waals surface area contributed by atoms with Crippen molar-refractivity contribution in [2.45, 2.75) is 11.4 Å². The number of benzene rings is 1. The number of non-ortho nitro benzene ring substituents is 1. The van der Waals surface area contributed by atoms with Crippen LogP contribution in [0.15, 0.2) is 50.9 Å². The van der Waals surface area contributed by atoms with Crippen molar-refractivity contribution in [3.8, 4) is 0 Å². The summed E-state index contributed by atoms with van der Waals surface area (Å²) in [6.07, 6.45) is 1.49. The second-order valence-electron chi connectivity index (χ2n) is 4.29. The van der Waals surface area contributed by atoms with Crippen LogP contribution in [-0.4, -0.2) is 19.2 Å². The van der Waals surface area contributed by atoms with Crippen LogP contribution in [0, 0.1) is 10.1 Å². The summed E-state index contributed by atoms with van der Waals surface area (Å²) in [7, 11) is -3.82. The summed E-state index contributed by atoms with van der Waals surface area (Å²) in [6.45, 7) is 0.168. The maximum atomic E-state index is 12.0. The van der Waals surface area contributed by atoms with Gasteiger partial charge in [0.15, 0.2) is 0 Å². The van der Waals surface area contributed by atoms with Gasteiger partial charge < -0.3 is 4.42 Å². The molecular weight excluding hydrogens is 298 g/mol. The number of hydrogen-bond acceptors (Lipinski definition) is 6. The van der Waals surface area contributed by atoms with E-state index in [1.165, 1.54) is 18.4 Å². The van der Waals surface area contributed by atoms with Crippen LogP contribution in [0.5, 0.6) is 0 Å². The highest BCUT2D eigenvalue weighted by molar-refractivity contribution is 7.90. The largest absolute Gasteiger partial charge is 0.467 e. The maximum Gasteiger partial charge on any atom is 0.270 e. The Labute approximate surface area is 119 Å². The third-order valence-electron chi connectivity index (χ3n) is 2.92. The summed E-state index contributed by atoms with van der Waals surface area (Å²) in [4.78, 5) is 14.1. The van der Waals surface area contributed by atoms with Crippen molar-refractivity contribution in [2.24, 2.45) is 4.99 Å². The van der Waals surface area contributed by atoms with Gasteiger partial charge in [-0.3, -0.25) is 19.8 Å². The first-order valence-corrected chi connectivity index (χ1v) is 7.34. The van der Waals surface area contributed by atoms with E-state index in [4.69, 9.17) is 4.42 Å². The molecule has 108 valence electrons. The van der Waals surface area contributed by atoms with Crippen LogP contribution in [0.25, 0.3) is 0 Å². The van der Waals surface area contributed by atoms with E-state index in [-0.39, 0.29) is 23.0 Å². The van der Waals surface area contributed by atoms with Crippen molar-refractivity contribution in [1.29, 1.82) is 0 Å². The van der Waals surface area contributed by atoms with E-state index >= 15 is 0 Å². The summed E-state index contributed by atoms with van der Waals surface area (Å²) >= 11 is 0. The van der Waals surface area contributed by atoms with Crippen molar-refractivity contribution in [3.05, 3.63) is 58.0 Å². The molecule has 0 amide bonds. The summed E-state index contributed by atoms with van der Waals surface area (Å²) in [5.74, 6) is 0.730. The number of fused-ring (bicyclic) bond motifs is 1. The van der Waals surface area contributed by atoms with E-state index in [2.05, 4.69) is 9.71 Å². The summed E-state index contributed by atoms with van der Waals surface area (Å²) in [6, 6.07) is 7.04. The fraction of sp³-hybridized carbons (Fsp3) is 0.0833. The Morgan fingerprint density at radius 2 is 2.14 bits per heavy atom. The molecule has 21 heavy (non-hydrogen) atoms. The number of amidine groups is 1. The van der Waals surface area contributed by atoms with Crippen molar-refractivity contribution in [3.63, 3.8) is 0 Å². The average Bonchev–Trinajstić information content (AvgIpc) is 3.03. The zero-order valence-electron chi connectivity index (χ0n) is 10.5. The normalized spacial score (nSPS) is 17.4. The topological polar surface area (TPSA) is 115 Å². The Bertz CT molecular complexity index is 840. The highest BCUT2D eigenvalue weighted by atomic mass is 32.2. The number of nitrogens with zero attached hydrogens (tertiary/aromatic N) is 2. The molecule has 0 saturated heterocycles. The van der Waals surface area contributed by atoms with Crippen LogP contribution in [0.2, 0.25) is 0 Å². The molecule has 1 aromatic carbocycles. The molecule has 3 rings (SSSR count). The summed E-state index contributed by atoms with van der Waals surface area (Å²) in [5, 5.41) is 10.7. The summed E-state index contributed by atoms with van der Waals surface area (Å²) in [5.41, 5.74) is 0.0264. The van der Waals surface area contributed by atoms with Crippen molar-refractivity contribution in [2.75, 3.05) is 0 Å². The van der Waals surface area contributed by atoms with Crippen molar-refractivity contribution in [1.82, 2.24) is 4.72 Å². The first-order chi connectivity index (χ1) is 9.97. The van der Waals surface area contributed by atoms with Gasteiger partial charge in [0.2, 0.25) is 0 Å². The Kier molecular flexibility index (Phi) is 2.98. The van der Waals surface area contributed by atoms with Crippen LogP contribution in [0.4, 0.5) is 5.69 Å². The fourth-order valence-corrected chi connectivity index (χ4v) is 3.23. The minimum Gasteiger partial charge on any atom is -0.467 e. The molecule has 1 aromatic heterocycles. The number of nitro groups is 1. The number of sulfonamides is 1. The zero-order chi connectivity index (χ0) is 15.0. The van der Waals surface area contributed by atoms with Crippen LogP contribution in [0.1, 0.15) is 11.3 Å². The lowest BCUT2D eigenvalue weighted by Gasteiger charge is -1.97. The number of aliphatic imine (C=N–C) groups is 1. The van der Waals surface area contributed by atoms with Gasteiger partial charge in [0.05, 0.1) is 17.7 Å². The summed E-state index contributed by atoms with van der Waals surface area (Å²) < 4.78 is 31.3. The Morgan fingerprint density at radius 1 is 1.33 bits per heavy atom. The lowest BCUT2D eigenvalue weighted by molar-refractivity contribution is -0.385. The van der Waals surface area contributed by atoms with Gasteiger partial charge in [0, 0.05) is 17.7 Å². The van der Waals surface area contributed by atoms with Gasteiger partial charge in [-0.05, 0) is 18.2 Å². The Hall–Kier alpha value is -2.68. The van der Waals surface area contributed by atoms with Crippen molar-refractivity contribution >= 4 is 21.5 Å². The number of furan rings is 1. The molecule has 1 aliphatic rings. The van der Waals surface area contributed by atoms with Gasteiger partial charge in [-0.15, -0.1) is 0 Å². The van der Waals surface area contributed by atoms with Crippen LogP contribution < -0.4 is 4.72 Å². The molecule has 2 heterocycles. The number of rotatable bonds is 3. The second-order valence-corrected chi connectivity index (χ2v) is 5.94. The highest BCUT2D eigenvalue weighted by Crippen LogP contribution is 2.27. The molecular formula is C12H9N3O5S. The van der Waals surface area contributed by atoms with Crippen LogP contribution in [0.3, 0.4) is 0 Å². The van der Waals surface area contributed by atoms with Gasteiger partial charge in [0.1, 0.15) is 16.5 Å². The van der Waals surface area contributed by atoms with Crippen molar-refractivity contribution < 1.29 is 17.8 Å². The molecule has 0 fully saturated rings. The maximum absolute atomic E-state index is 12.0.